The molecule has 0 bridgehead atoms. The van der Waals surface area contributed by atoms with Crippen LogP contribution in [0.15, 0.2) is 23.1 Å². The summed E-state index contributed by atoms with van der Waals surface area (Å²) in [5.41, 5.74) is 5.94. The van der Waals surface area contributed by atoms with Crippen molar-refractivity contribution in [1.82, 2.24) is 0 Å². The van der Waals surface area contributed by atoms with Crippen molar-refractivity contribution >= 4 is 23.4 Å². The van der Waals surface area contributed by atoms with E-state index in [0.29, 0.717) is 0 Å². The lowest BCUT2D eigenvalue weighted by Gasteiger charge is -2.09. The largest absolute Gasteiger partial charge is 0.478 e. The van der Waals surface area contributed by atoms with E-state index in [1.54, 1.807) is 12.1 Å². The minimum Gasteiger partial charge on any atom is -0.478 e. The van der Waals surface area contributed by atoms with Crippen LogP contribution in [-0.4, -0.2) is 28.0 Å². The summed E-state index contributed by atoms with van der Waals surface area (Å²) in [6.45, 7) is 1.96. The number of carboxylic acid groups (broad SMARTS) is 1. The van der Waals surface area contributed by atoms with Gasteiger partial charge in [-0.25, -0.2) is 4.79 Å². The van der Waals surface area contributed by atoms with Crippen LogP contribution < -0.4 is 5.73 Å². The number of anilines is 1. The number of rotatable bonds is 4. The number of nitrogens with two attached hydrogens (primary N) is 1. The Morgan fingerprint density at radius 2 is 2.27 bits per heavy atom. The van der Waals surface area contributed by atoms with Gasteiger partial charge in [0.1, 0.15) is 0 Å². The average Bonchev–Trinajstić information content (AvgIpc) is 2.17. The summed E-state index contributed by atoms with van der Waals surface area (Å²) in [7, 11) is 0. The van der Waals surface area contributed by atoms with Crippen molar-refractivity contribution in [1.29, 1.82) is 0 Å². The first kappa shape index (κ1) is 11.9. The van der Waals surface area contributed by atoms with Crippen molar-refractivity contribution in [3.8, 4) is 0 Å². The van der Waals surface area contributed by atoms with Gasteiger partial charge >= 0.3 is 5.97 Å². The zero-order valence-corrected chi connectivity index (χ0v) is 9.12. The summed E-state index contributed by atoms with van der Waals surface area (Å²) in [5, 5.41) is 17.7. The number of hydrogen-bond donors (Lipinski definition) is 3. The maximum absolute atomic E-state index is 10.7. The highest BCUT2D eigenvalue weighted by Gasteiger charge is 2.09. The van der Waals surface area contributed by atoms with Gasteiger partial charge in [0.25, 0.3) is 0 Å². The van der Waals surface area contributed by atoms with Crippen LogP contribution in [0.3, 0.4) is 0 Å². The van der Waals surface area contributed by atoms with Crippen LogP contribution >= 0.6 is 11.8 Å². The molecule has 4 nitrogen and oxygen atoms in total. The second kappa shape index (κ2) is 5.04. The Kier molecular flexibility index (Phi) is 3.99. The van der Waals surface area contributed by atoms with Crippen LogP contribution in [0.25, 0.3) is 0 Å². The molecule has 1 unspecified atom stereocenters. The zero-order valence-electron chi connectivity index (χ0n) is 8.30. The lowest BCUT2D eigenvalue weighted by molar-refractivity contribution is 0.0698. The lowest BCUT2D eigenvalue weighted by Crippen LogP contribution is -2.04. The number of aliphatic hydroxyl groups is 1. The summed E-state index contributed by atoms with van der Waals surface area (Å²) >= 11 is 1.46. The molecule has 0 aliphatic rings. The summed E-state index contributed by atoms with van der Waals surface area (Å²) in [5.74, 6) is -1.03. The number of carboxylic acids is 1. The van der Waals surface area contributed by atoms with E-state index >= 15 is 0 Å². The molecule has 15 heavy (non-hydrogen) atoms. The Bertz CT molecular complexity index is 368. The molecule has 0 amide bonds. The second-order valence-corrected chi connectivity index (χ2v) is 4.68. The molecule has 5 heteroatoms. The van der Waals surface area contributed by atoms with Crippen LogP contribution in [0.1, 0.15) is 17.3 Å². The highest BCUT2D eigenvalue weighted by Crippen LogP contribution is 2.26. The fourth-order valence-corrected chi connectivity index (χ4v) is 1.96. The van der Waals surface area contributed by atoms with Crippen molar-refractivity contribution in [3.05, 3.63) is 23.8 Å². The number of aromatic carboxylic acids is 1. The Balaban J connectivity index is 2.87. The van der Waals surface area contributed by atoms with Crippen LogP contribution in [0.5, 0.6) is 0 Å². The highest BCUT2D eigenvalue weighted by atomic mass is 32.2. The van der Waals surface area contributed by atoms with Crippen LogP contribution in [0.4, 0.5) is 5.69 Å². The predicted molar refractivity (Wildman–Crippen MR) is 60.2 cm³/mol. The van der Waals surface area contributed by atoms with Crippen LogP contribution in [0, 0.1) is 0 Å². The fourth-order valence-electron chi connectivity index (χ4n) is 1.08. The maximum atomic E-state index is 10.7. The number of thioether (sulfide) groups is 1. The van der Waals surface area contributed by atoms with Crippen molar-refractivity contribution < 1.29 is 15.0 Å². The van der Waals surface area contributed by atoms with E-state index in [-0.39, 0.29) is 23.1 Å². The molecule has 1 aromatic carbocycles. The van der Waals surface area contributed by atoms with Crippen molar-refractivity contribution in [2.24, 2.45) is 0 Å². The molecule has 0 aliphatic carbocycles. The van der Waals surface area contributed by atoms with E-state index in [2.05, 4.69) is 0 Å². The molecule has 0 saturated carbocycles. The molecule has 1 rings (SSSR count). The Morgan fingerprint density at radius 3 is 2.73 bits per heavy atom. The van der Waals surface area contributed by atoms with Gasteiger partial charge in [-0.05, 0) is 18.2 Å². The predicted octanol–water partition coefficient (Wildman–Crippen LogP) is 1.44. The summed E-state index contributed by atoms with van der Waals surface area (Å²) < 4.78 is 0. The van der Waals surface area contributed by atoms with Crippen LogP contribution in [0.2, 0.25) is 0 Å². The van der Waals surface area contributed by atoms with E-state index in [4.69, 9.17) is 15.9 Å². The van der Waals surface area contributed by atoms with Gasteiger partial charge in [-0.2, -0.15) is 0 Å². The number of benzene rings is 1. The molecule has 0 heterocycles. The van der Waals surface area contributed by atoms with Gasteiger partial charge in [0.05, 0.1) is 12.2 Å². The fraction of sp³-hybridized carbons (Fsp3) is 0.300. The Labute approximate surface area is 92.1 Å². The second-order valence-electron chi connectivity index (χ2n) is 3.17. The smallest absolute Gasteiger partial charge is 0.337 e. The van der Waals surface area contributed by atoms with Gasteiger partial charge in [0.15, 0.2) is 0 Å². The molecule has 0 radical (unpaired) electrons. The van der Waals surface area contributed by atoms with Gasteiger partial charge < -0.3 is 15.9 Å². The first-order valence-electron chi connectivity index (χ1n) is 4.45. The third-order valence-corrected chi connectivity index (χ3v) is 2.93. The zero-order chi connectivity index (χ0) is 11.4. The average molecular weight is 227 g/mol. The molecule has 0 aliphatic heterocycles. The number of aliphatic hydroxyl groups excluding tert-OH is 1. The number of hydrogen-bond acceptors (Lipinski definition) is 4. The minimum atomic E-state index is -1.03. The Hall–Kier alpha value is -1.20. The normalized spacial score (nSPS) is 12.4. The molecule has 82 valence electrons. The van der Waals surface area contributed by atoms with Crippen molar-refractivity contribution in [2.75, 3.05) is 12.3 Å². The Morgan fingerprint density at radius 1 is 1.60 bits per heavy atom. The van der Waals surface area contributed by atoms with E-state index in [0.717, 1.165) is 4.90 Å². The molecule has 0 fully saturated rings. The maximum Gasteiger partial charge on any atom is 0.337 e. The number of carbonyl (C=O) groups is 1. The molecule has 4 N–H and O–H groups in total. The van der Waals surface area contributed by atoms with E-state index in [1.807, 2.05) is 6.92 Å². The van der Waals surface area contributed by atoms with Gasteiger partial charge in [-0.15, -0.1) is 11.8 Å². The molecular weight excluding hydrogens is 214 g/mol. The topological polar surface area (TPSA) is 83.5 Å². The molecule has 0 aromatic heterocycles. The first-order chi connectivity index (χ1) is 7.04. The van der Waals surface area contributed by atoms with E-state index in [9.17, 15) is 4.79 Å². The highest BCUT2D eigenvalue weighted by molar-refractivity contribution is 8.00. The van der Waals surface area contributed by atoms with Gasteiger partial charge in [0.2, 0.25) is 0 Å². The minimum absolute atomic E-state index is 0.0695. The van der Waals surface area contributed by atoms with Gasteiger partial charge in [-0.1, -0.05) is 6.92 Å². The summed E-state index contributed by atoms with van der Waals surface area (Å²) in [6.07, 6.45) is 0. The van der Waals surface area contributed by atoms with E-state index in [1.165, 1.54) is 17.8 Å². The monoisotopic (exact) mass is 227 g/mol. The number of nitrogen functional groups attached to an aromatic ring is 1. The lowest BCUT2D eigenvalue weighted by atomic mass is 10.2. The van der Waals surface area contributed by atoms with Crippen LogP contribution in [-0.2, 0) is 0 Å². The summed E-state index contributed by atoms with van der Waals surface area (Å²) in [6, 6.07) is 4.78. The van der Waals surface area contributed by atoms with Gasteiger partial charge in [0, 0.05) is 15.8 Å². The summed E-state index contributed by atoms with van der Waals surface area (Å²) in [4.78, 5) is 11.5. The quantitative estimate of drug-likeness (QED) is 0.535. The van der Waals surface area contributed by atoms with E-state index < -0.39 is 5.97 Å². The van der Waals surface area contributed by atoms with Crippen molar-refractivity contribution in [2.45, 2.75) is 17.1 Å². The molecule has 0 saturated heterocycles. The molecular formula is C10H13NO3S. The third-order valence-electron chi connectivity index (χ3n) is 1.85. The standard InChI is InChI=1S/C10H13NO3S/c1-6(5-12)15-7-2-3-8(10(13)14)9(11)4-7/h2-4,6,12H,5,11H2,1H3,(H,13,14). The molecule has 1 atom stereocenters. The van der Waals surface area contributed by atoms with Gasteiger partial charge in [-0.3, -0.25) is 0 Å². The SMILES string of the molecule is CC(CO)Sc1ccc(C(=O)O)c(N)c1. The molecule has 1 aromatic rings. The third kappa shape index (κ3) is 3.14. The first-order valence-corrected chi connectivity index (χ1v) is 5.33. The molecule has 0 spiro atoms. The van der Waals surface area contributed by atoms with Crippen molar-refractivity contribution in [3.63, 3.8) is 0 Å².